The van der Waals surface area contributed by atoms with E-state index in [2.05, 4.69) is 7.05 Å². The van der Waals surface area contributed by atoms with E-state index in [-0.39, 0.29) is 42.4 Å². The fourth-order valence-corrected chi connectivity index (χ4v) is 3.94. The second-order valence-corrected chi connectivity index (χ2v) is 6.22. The molecule has 2 aliphatic heterocycles. The van der Waals surface area contributed by atoms with Gasteiger partial charge in [-0.15, -0.1) is 0 Å². The molecular weight excluding hydrogens is 318 g/mol. The van der Waals surface area contributed by atoms with Gasteiger partial charge in [-0.1, -0.05) is 18.2 Å². The summed E-state index contributed by atoms with van der Waals surface area (Å²) in [6.45, 7) is 0. The van der Waals surface area contributed by atoms with Crippen molar-refractivity contribution >= 4 is 11.9 Å². The molecule has 2 bridgehead atoms. The first-order valence-corrected chi connectivity index (χ1v) is 7.79. The number of hydrogen-bond acceptors (Lipinski definition) is 4. The maximum atomic E-state index is 12.3. The minimum Gasteiger partial charge on any atom is -1.00 e. The highest BCUT2D eigenvalue weighted by molar-refractivity contribution is 5.89. The lowest BCUT2D eigenvalue weighted by Gasteiger charge is -2.38. The number of esters is 2. The highest BCUT2D eigenvalue weighted by Crippen LogP contribution is 2.31. The van der Waals surface area contributed by atoms with Gasteiger partial charge in [-0.05, 0) is 12.1 Å². The van der Waals surface area contributed by atoms with Crippen LogP contribution in [0.25, 0.3) is 0 Å². The Hall–Kier alpha value is -1.59. The molecule has 126 valence electrons. The average Bonchev–Trinajstić information content (AvgIpc) is 2.78. The highest BCUT2D eigenvalue weighted by atomic mass is 35.5. The lowest BCUT2D eigenvalue weighted by Crippen LogP contribution is -3.16. The van der Waals surface area contributed by atoms with E-state index in [1.807, 2.05) is 6.07 Å². The lowest BCUT2D eigenvalue weighted by molar-refractivity contribution is -0.926. The molecule has 6 heteroatoms. The summed E-state index contributed by atoms with van der Waals surface area (Å²) in [4.78, 5) is 25.9. The van der Waals surface area contributed by atoms with Crippen LogP contribution in [0.5, 0.6) is 0 Å². The second kappa shape index (κ2) is 7.32. The predicted molar refractivity (Wildman–Crippen MR) is 79.5 cm³/mol. The highest BCUT2D eigenvalue weighted by Gasteiger charge is 2.54. The van der Waals surface area contributed by atoms with Gasteiger partial charge in [-0.3, -0.25) is 4.79 Å². The number of ether oxygens (including phenoxy) is 2. The molecule has 0 radical (unpaired) electrons. The van der Waals surface area contributed by atoms with E-state index >= 15 is 0 Å². The van der Waals surface area contributed by atoms with Crippen molar-refractivity contribution in [2.75, 3.05) is 14.2 Å². The first kappa shape index (κ1) is 17.8. The zero-order valence-electron chi connectivity index (χ0n) is 13.3. The largest absolute Gasteiger partial charge is 1.00 e. The monoisotopic (exact) mass is 339 g/mol. The van der Waals surface area contributed by atoms with Crippen LogP contribution in [0.15, 0.2) is 30.3 Å². The molecule has 2 fully saturated rings. The SMILES string of the molecule is COC(=O)[C@H]1[C@@H](OC(=O)c2ccccc2)C[C@@H]2CC[C@H]1[NH+]2C.[Cl-]. The summed E-state index contributed by atoms with van der Waals surface area (Å²) in [7, 11) is 3.52. The third kappa shape index (κ3) is 3.35. The van der Waals surface area contributed by atoms with Crippen LogP contribution in [-0.2, 0) is 14.3 Å². The molecule has 3 rings (SSSR count). The first-order chi connectivity index (χ1) is 10.6. The van der Waals surface area contributed by atoms with Crippen LogP contribution in [0, 0.1) is 5.92 Å². The molecule has 1 unspecified atom stereocenters. The summed E-state index contributed by atoms with van der Waals surface area (Å²) >= 11 is 0. The summed E-state index contributed by atoms with van der Waals surface area (Å²) in [6.07, 6.45) is 2.39. The Morgan fingerprint density at radius 2 is 1.87 bits per heavy atom. The van der Waals surface area contributed by atoms with Gasteiger partial charge in [0.05, 0.1) is 25.8 Å². The Balaban J connectivity index is 0.00000192. The van der Waals surface area contributed by atoms with Crippen LogP contribution in [-0.4, -0.2) is 44.3 Å². The first-order valence-electron chi connectivity index (χ1n) is 7.79. The van der Waals surface area contributed by atoms with Crippen LogP contribution in [0.2, 0.25) is 0 Å². The molecule has 0 aliphatic carbocycles. The van der Waals surface area contributed by atoms with Gasteiger partial charge in [0.2, 0.25) is 0 Å². The smallest absolute Gasteiger partial charge is 0.338 e. The fourth-order valence-electron chi connectivity index (χ4n) is 3.94. The number of quaternary nitrogens is 1. The number of benzene rings is 1. The minimum absolute atomic E-state index is 0. The standard InChI is InChI=1S/C17H21NO4.ClH/c1-18-12-8-9-13(18)15(17(20)21-2)14(10-12)22-16(19)11-6-4-3-5-7-11;/h3-7,12-15H,8-10H2,1-2H3;1H/t12-,13+,14-,15+;/m0./s1. The Bertz CT molecular complexity index is 565. The van der Waals surface area contributed by atoms with Crippen LogP contribution < -0.4 is 17.3 Å². The molecule has 2 heterocycles. The Morgan fingerprint density at radius 1 is 1.17 bits per heavy atom. The normalized spacial score (nSPS) is 31.8. The van der Waals surface area contributed by atoms with E-state index in [1.165, 1.54) is 12.0 Å². The third-order valence-corrected chi connectivity index (χ3v) is 5.15. The van der Waals surface area contributed by atoms with Crippen LogP contribution in [0.1, 0.15) is 29.6 Å². The molecule has 0 amide bonds. The zero-order valence-corrected chi connectivity index (χ0v) is 14.1. The summed E-state index contributed by atoms with van der Waals surface area (Å²) in [5.74, 6) is -0.995. The number of piperidine rings is 1. The number of hydrogen-bond donors (Lipinski definition) is 1. The Labute approximate surface area is 142 Å². The van der Waals surface area contributed by atoms with Gasteiger partial charge in [0, 0.05) is 19.3 Å². The van der Waals surface area contributed by atoms with Crippen LogP contribution in [0.4, 0.5) is 0 Å². The van der Waals surface area contributed by atoms with Gasteiger partial charge in [0.15, 0.2) is 0 Å². The van der Waals surface area contributed by atoms with Gasteiger partial charge >= 0.3 is 11.9 Å². The molecule has 2 aliphatic rings. The van der Waals surface area contributed by atoms with Crippen molar-refractivity contribution in [3.8, 4) is 0 Å². The summed E-state index contributed by atoms with van der Waals surface area (Å²) in [5, 5.41) is 0. The molecule has 2 saturated heterocycles. The molecule has 1 N–H and O–H groups in total. The summed E-state index contributed by atoms with van der Waals surface area (Å²) in [6, 6.07) is 9.55. The molecule has 0 spiro atoms. The molecule has 1 aromatic carbocycles. The zero-order chi connectivity index (χ0) is 15.7. The van der Waals surface area contributed by atoms with E-state index in [4.69, 9.17) is 9.47 Å². The Kier molecular flexibility index (Phi) is 5.65. The number of carbonyl (C=O) groups excluding carboxylic acids is 2. The van der Waals surface area contributed by atoms with E-state index in [9.17, 15) is 9.59 Å². The maximum Gasteiger partial charge on any atom is 0.338 e. The topological polar surface area (TPSA) is 57.0 Å². The van der Waals surface area contributed by atoms with Gasteiger partial charge < -0.3 is 26.8 Å². The predicted octanol–water partition coefficient (Wildman–Crippen LogP) is -2.55. The molecular formula is C17H22ClNO4. The van der Waals surface area contributed by atoms with Gasteiger partial charge in [-0.25, -0.2) is 4.79 Å². The van der Waals surface area contributed by atoms with E-state index < -0.39 is 0 Å². The maximum absolute atomic E-state index is 12.3. The van der Waals surface area contributed by atoms with Crippen LogP contribution >= 0.6 is 0 Å². The second-order valence-electron chi connectivity index (χ2n) is 6.22. The molecule has 5 nitrogen and oxygen atoms in total. The van der Waals surface area contributed by atoms with Crippen molar-refractivity contribution in [1.82, 2.24) is 0 Å². The lowest BCUT2D eigenvalue weighted by atomic mass is 9.87. The fraction of sp³-hybridized carbons (Fsp3) is 0.529. The number of fused-ring (bicyclic) bond motifs is 2. The van der Waals surface area contributed by atoms with Crippen molar-refractivity contribution in [3.63, 3.8) is 0 Å². The average molecular weight is 340 g/mol. The number of halogens is 1. The molecule has 5 atom stereocenters. The number of nitrogens with one attached hydrogen (secondary N) is 1. The molecule has 0 saturated carbocycles. The van der Waals surface area contributed by atoms with Crippen molar-refractivity contribution < 1.29 is 36.4 Å². The van der Waals surface area contributed by atoms with Crippen molar-refractivity contribution in [2.45, 2.75) is 37.5 Å². The number of carbonyl (C=O) groups is 2. The summed E-state index contributed by atoms with van der Waals surface area (Å²) < 4.78 is 10.7. The minimum atomic E-state index is -0.388. The number of rotatable bonds is 3. The Morgan fingerprint density at radius 3 is 2.52 bits per heavy atom. The van der Waals surface area contributed by atoms with Gasteiger partial charge in [0.25, 0.3) is 0 Å². The van der Waals surface area contributed by atoms with E-state index in [0.29, 0.717) is 11.6 Å². The van der Waals surface area contributed by atoms with Crippen molar-refractivity contribution in [1.29, 1.82) is 0 Å². The summed E-state index contributed by atoms with van der Waals surface area (Å²) in [5.41, 5.74) is 0.518. The number of methoxy groups -OCH3 is 1. The quantitative estimate of drug-likeness (QED) is 0.616. The molecule has 1 aromatic rings. The van der Waals surface area contributed by atoms with Gasteiger partial charge in [-0.2, -0.15) is 0 Å². The molecule has 0 aromatic heterocycles. The van der Waals surface area contributed by atoms with Crippen LogP contribution in [0.3, 0.4) is 0 Å². The van der Waals surface area contributed by atoms with E-state index in [0.717, 1.165) is 19.3 Å². The van der Waals surface area contributed by atoms with Gasteiger partial charge in [0.1, 0.15) is 18.1 Å². The molecule has 23 heavy (non-hydrogen) atoms. The third-order valence-electron chi connectivity index (χ3n) is 5.15. The van der Waals surface area contributed by atoms with E-state index in [1.54, 1.807) is 24.3 Å². The van der Waals surface area contributed by atoms with Crippen molar-refractivity contribution in [2.24, 2.45) is 5.92 Å². The van der Waals surface area contributed by atoms with Crippen molar-refractivity contribution in [3.05, 3.63) is 35.9 Å².